The number of benzene rings is 1. The van der Waals surface area contributed by atoms with E-state index in [4.69, 9.17) is 0 Å². The lowest BCUT2D eigenvalue weighted by atomic mass is 10.1. The number of anilines is 2. The molecule has 2 aromatic rings. The summed E-state index contributed by atoms with van der Waals surface area (Å²) < 4.78 is 0. The minimum atomic E-state index is -0.0000360. The van der Waals surface area contributed by atoms with Gasteiger partial charge in [0.1, 0.15) is 17.3 Å². The first-order valence-electron chi connectivity index (χ1n) is 9.74. The quantitative estimate of drug-likeness (QED) is 0.903. The smallest absolute Gasteiger partial charge is 0.272 e. The maximum absolute atomic E-state index is 13.0. The first-order chi connectivity index (χ1) is 13.0. The molecule has 1 N–H and O–H groups in total. The van der Waals surface area contributed by atoms with Crippen LogP contribution < -0.4 is 10.2 Å². The van der Waals surface area contributed by atoms with Crippen molar-refractivity contribution < 1.29 is 4.79 Å². The zero-order valence-electron chi connectivity index (χ0n) is 16.3. The summed E-state index contributed by atoms with van der Waals surface area (Å²) in [5.74, 6) is 1.40. The van der Waals surface area contributed by atoms with Gasteiger partial charge in [-0.25, -0.2) is 9.97 Å². The average molecular weight is 365 g/mol. The molecule has 2 aliphatic rings. The predicted octanol–water partition coefficient (Wildman–Crippen LogP) is 2.94. The maximum Gasteiger partial charge on any atom is 0.272 e. The molecule has 1 aliphatic heterocycles. The highest BCUT2D eigenvalue weighted by Crippen LogP contribution is 2.25. The highest BCUT2D eigenvalue weighted by atomic mass is 16.2. The van der Waals surface area contributed by atoms with Gasteiger partial charge in [0.25, 0.3) is 5.91 Å². The summed E-state index contributed by atoms with van der Waals surface area (Å²) in [4.78, 5) is 26.0. The molecule has 1 aliphatic carbocycles. The summed E-state index contributed by atoms with van der Waals surface area (Å²) in [5, 5.41) is 3.36. The zero-order chi connectivity index (χ0) is 19.0. The Morgan fingerprint density at radius 2 is 1.81 bits per heavy atom. The van der Waals surface area contributed by atoms with Crippen LogP contribution >= 0.6 is 0 Å². The van der Waals surface area contributed by atoms with Gasteiger partial charge in [-0.3, -0.25) is 4.79 Å². The number of hydrogen-bond acceptors (Lipinski definition) is 5. The molecule has 4 rings (SSSR count). The van der Waals surface area contributed by atoms with E-state index in [1.165, 1.54) is 29.7 Å². The molecular weight excluding hydrogens is 338 g/mol. The van der Waals surface area contributed by atoms with Gasteiger partial charge < -0.3 is 15.1 Å². The maximum atomic E-state index is 13.0. The Hall–Kier alpha value is -2.63. The molecule has 142 valence electrons. The number of carbonyl (C=O) groups excluding carboxylic acids is 1. The molecule has 1 aromatic heterocycles. The Bertz CT molecular complexity index is 854. The van der Waals surface area contributed by atoms with E-state index >= 15 is 0 Å². The van der Waals surface area contributed by atoms with Crippen molar-refractivity contribution in [2.45, 2.75) is 39.7 Å². The third-order valence-corrected chi connectivity index (χ3v) is 5.47. The summed E-state index contributed by atoms with van der Waals surface area (Å²) in [6.45, 7) is 9.25. The van der Waals surface area contributed by atoms with Crippen molar-refractivity contribution in [2.24, 2.45) is 0 Å². The molecule has 0 atom stereocenters. The average Bonchev–Trinajstić information content (AvgIpc) is 3.47. The monoisotopic (exact) mass is 365 g/mol. The topological polar surface area (TPSA) is 61.4 Å². The second-order valence-electron chi connectivity index (χ2n) is 7.60. The van der Waals surface area contributed by atoms with Crippen molar-refractivity contribution in [3.05, 3.63) is 46.9 Å². The van der Waals surface area contributed by atoms with Crippen molar-refractivity contribution in [1.82, 2.24) is 14.9 Å². The Morgan fingerprint density at radius 3 is 2.52 bits per heavy atom. The molecule has 6 heteroatoms. The van der Waals surface area contributed by atoms with Gasteiger partial charge in [-0.15, -0.1) is 0 Å². The fourth-order valence-electron chi connectivity index (χ4n) is 3.58. The number of carbonyl (C=O) groups is 1. The van der Waals surface area contributed by atoms with Crippen molar-refractivity contribution >= 4 is 17.4 Å². The number of hydrogen-bond donors (Lipinski definition) is 1. The second-order valence-corrected chi connectivity index (χ2v) is 7.60. The van der Waals surface area contributed by atoms with Gasteiger partial charge in [-0.05, 0) is 50.8 Å². The molecule has 0 unspecified atom stereocenters. The SMILES string of the molecule is Cc1nc(NC2CC2)cc(C(=O)N2CCN(c3cccc(C)c3C)CC2)n1. The molecule has 1 amide bonds. The van der Waals surface area contributed by atoms with Crippen LogP contribution in [-0.4, -0.2) is 53.0 Å². The largest absolute Gasteiger partial charge is 0.368 e. The molecule has 27 heavy (non-hydrogen) atoms. The first-order valence-corrected chi connectivity index (χ1v) is 9.74. The lowest BCUT2D eigenvalue weighted by Crippen LogP contribution is -2.49. The fraction of sp³-hybridized carbons (Fsp3) is 0.476. The molecule has 1 aromatic carbocycles. The Morgan fingerprint density at radius 1 is 1.07 bits per heavy atom. The van der Waals surface area contributed by atoms with E-state index in [0.717, 1.165) is 18.9 Å². The van der Waals surface area contributed by atoms with E-state index in [-0.39, 0.29) is 5.91 Å². The summed E-state index contributed by atoms with van der Waals surface area (Å²) in [7, 11) is 0. The van der Waals surface area contributed by atoms with Gasteiger partial charge in [-0.1, -0.05) is 12.1 Å². The molecule has 2 heterocycles. The summed E-state index contributed by atoms with van der Waals surface area (Å²) >= 11 is 0. The van der Waals surface area contributed by atoms with Gasteiger partial charge in [0.15, 0.2) is 0 Å². The molecule has 0 bridgehead atoms. The van der Waals surface area contributed by atoms with Gasteiger partial charge in [0.05, 0.1) is 0 Å². The van der Waals surface area contributed by atoms with Crippen LogP contribution in [-0.2, 0) is 0 Å². The fourth-order valence-corrected chi connectivity index (χ4v) is 3.58. The van der Waals surface area contributed by atoms with E-state index in [0.29, 0.717) is 30.6 Å². The number of piperazine rings is 1. The molecule has 1 saturated carbocycles. The predicted molar refractivity (Wildman–Crippen MR) is 107 cm³/mol. The van der Waals surface area contributed by atoms with Crippen LogP contribution in [0.15, 0.2) is 24.3 Å². The van der Waals surface area contributed by atoms with E-state index in [2.05, 4.69) is 52.2 Å². The minimum absolute atomic E-state index is 0.0000360. The third kappa shape index (κ3) is 3.89. The van der Waals surface area contributed by atoms with Crippen LogP contribution in [0.2, 0.25) is 0 Å². The molecule has 0 radical (unpaired) electrons. The van der Waals surface area contributed by atoms with Gasteiger partial charge in [0.2, 0.25) is 0 Å². The summed E-state index contributed by atoms with van der Waals surface area (Å²) in [6, 6.07) is 8.72. The van der Waals surface area contributed by atoms with Crippen molar-refractivity contribution in [2.75, 3.05) is 36.4 Å². The van der Waals surface area contributed by atoms with E-state index in [1.807, 2.05) is 11.8 Å². The van der Waals surface area contributed by atoms with Gasteiger partial charge >= 0.3 is 0 Å². The Kier molecular flexibility index (Phi) is 4.72. The zero-order valence-corrected chi connectivity index (χ0v) is 16.3. The van der Waals surface area contributed by atoms with Crippen LogP contribution in [0.1, 0.15) is 40.3 Å². The van der Waals surface area contributed by atoms with E-state index in [1.54, 1.807) is 6.07 Å². The molecule has 1 saturated heterocycles. The van der Waals surface area contributed by atoms with Crippen LogP contribution in [0, 0.1) is 20.8 Å². The van der Waals surface area contributed by atoms with Crippen LogP contribution in [0.5, 0.6) is 0 Å². The normalized spacial score (nSPS) is 17.1. The highest BCUT2D eigenvalue weighted by Gasteiger charge is 2.26. The lowest BCUT2D eigenvalue weighted by Gasteiger charge is -2.37. The number of rotatable bonds is 4. The molecule has 2 fully saturated rings. The Balaban J connectivity index is 1.44. The van der Waals surface area contributed by atoms with E-state index < -0.39 is 0 Å². The lowest BCUT2D eigenvalue weighted by molar-refractivity contribution is 0.0740. The number of aromatic nitrogens is 2. The van der Waals surface area contributed by atoms with Crippen molar-refractivity contribution in [3.63, 3.8) is 0 Å². The number of aryl methyl sites for hydroxylation is 2. The van der Waals surface area contributed by atoms with E-state index in [9.17, 15) is 4.79 Å². The molecule has 0 spiro atoms. The summed E-state index contributed by atoms with van der Waals surface area (Å²) in [5.41, 5.74) is 4.39. The van der Waals surface area contributed by atoms with Crippen LogP contribution in [0.3, 0.4) is 0 Å². The highest BCUT2D eigenvalue weighted by molar-refractivity contribution is 5.93. The third-order valence-electron chi connectivity index (χ3n) is 5.47. The number of nitrogens with one attached hydrogen (secondary N) is 1. The standard InChI is InChI=1S/C21H27N5O/c1-14-5-4-6-19(15(14)2)25-9-11-26(12-10-25)21(27)18-13-20(23-16(3)22-18)24-17-7-8-17/h4-6,13,17H,7-12H2,1-3H3,(H,22,23,24). The second kappa shape index (κ2) is 7.18. The van der Waals surface area contributed by atoms with Crippen LogP contribution in [0.4, 0.5) is 11.5 Å². The van der Waals surface area contributed by atoms with Crippen molar-refractivity contribution in [1.29, 1.82) is 0 Å². The van der Waals surface area contributed by atoms with Gasteiger partial charge in [-0.2, -0.15) is 0 Å². The van der Waals surface area contributed by atoms with Gasteiger partial charge in [0, 0.05) is 44.0 Å². The Labute approximate surface area is 160 Å². The molecule has 6 nitrogen and oxygen atoms in total. The summed E-state index contributed by atoms with van der Waals surface area (Å²) in [6.07, 6.45) is 2.35. The number of amides is 1. The van der Waals surface area contributed by atoms with Crippen molar-refractivity contribution in [3.8, 4) is 0 Å². The minimum Gasteiger partial charge on any atom is -0.368 e. The first kappa shape index (κ1) is 17.8. The van der Waals surface area contributed by atoms with Crippen LogP contribution in [0.25, 0.3) is 0 Å². The molecular formula is C21H27N5O. The number of nitrogens with zero attached hydrogens (tertiary/aromatic N) is 4.